The molecule has 0 radical (unpaired) electrons. The molecule has 3 aliphatic rings. The molecule has 3 atom stereocenters. The monoisotopic (exact) mass is 514 g/mol. The van der Waals surface area contributed by atoms with Crippen molar-refractivity contribution in [2.24, 2.45) is 5.41 Å². The fourth-order valence-corrected chi connectivity index (χ4v) is 8.02. The molecule has 1 unspecified atom stereocenters. The van der Waals surface area contributed by atoms with E-state index in [9.17, 15) is 4.79 Å². The van der Waals surface area contributed by atoms with E-state index >= 15 is 0 Å². The molecule has 1 aliphatic heterocycles. The highest BCUT2D eigenvalue weighted by atomic mass is 16.5. The number of aromatic nitrogens is 1. The number of carbonyl (C=O) groups excluding carboxylic acids is 1. The van der Waals surface area contributed by atoms with Crippen molar-refractivity contribution in [2.45, 2.75) is 70.8 Å². The first-order valence-electron chi connectivity index (χ1n) is 14.4. The Morgan fingerprint density at radius 3 is 2.58 bits per heavy atom. The number of hydrogen-bond donors (Lipinski definition) is 0. The van der Waals surface area contributed by atoms with Crippen molar-refractivity contribution in [3.63, 3.8) is 0 Å². The molecule has 5 nitrogen and oxygen atoms in total. The number of methoxy groups -OCH3 is 1. The molecule has 0 spiro atoms. The van der Waals surface area contributed by atoms with E-state index in [1.54, 1.807) is 7.11 Å². The van der Waals surface area contributed by atoms with Gasteiger partial charge in [-0.05, 0) is 54.5 Å². The fourth-order valence-electron chi connectivity index (χ4n) is 8.02. The standard InChI is InChI=1S/C33H42N2O3/c1-22(2)23-11-12-26-25(21-23)29-28(30-32(26,3)13-8-14-33(30,4)31(36)37-5)24-9-6-7-10-27(24)35(29)16-15-34-17-19-38-20-18-34/h6-7,9-12,21-22,30H,8,13-20H2,1-5H3/t30?,32-,33-/m1/s1. The van der Waals surface area contributed by atoms with Gasteiger partial charge in [-0.25, -0.2) is 0 Å². The first-order valence-corrected chi connectivity index (χ1v) is 14.4. The Balaban J connectivity index is 1.63. The Labute approximate surface area is 227 Å². The summed E-state index contributed by atoms with van der Waals surface area (Å²) in [6.45, 7) is 14.6. The van der Waals surface area contributed by atoms with Crippen molar-refractivity contribution in [1.29, 1.82) is 0 Å². The van der Waals surface area contributed by atoms with Crippen LogP contribution in [0.4, 0.5) is 0 Å². The Bertz CT molecular complexity index is 1370. The van der Waals surface area contributed by atoms with Crippen LogP contribution in [0.25, 0.3) is 22.2 Å². The normalized spacial score (nSPS) is 27.2. The summed E-state index contributed by atoms with van der Waals surface area (Å²) in [7, 11) is 1.55. The second-order valence-corrected chi connectivity index (χ2v) is 12.5. The molecular weight excluding hydrogens is 472 g/mol. The van der Waals surface area contributed by atoms with Crippen LogP contribution in [0.15, 0.2) is 42.5 Å². The Morgan fingerprint density at radius 1 is 1.08 bits per heavy atom. The Hall–Kier alpha value is -2.63. The number of morpholine rings is 1. The highest BCUT2D eigenvalue weighted by Crippen LogP contribution is 2.65. The molecule has 2 heterocycles. The third kappa shape index (κ3) is 3.76. The predicted octanol–water partition coefficient (Wildman–Crippen LogP) is 6.48. The van der Waals surface area contributed by atoms with Crippen molar-refractivity contribution < 1.29 is 14.3 Å². The van der Waals surface area contributed by atoms with Gasteiger partial charge in [0.15, 0.2) is 0 Å². The number of nitrogens with zero attached hydrogens (tertiary/aromatic N) is 2. The lowest BCUT2D eigenvalue weighted by Gasteiger charge is -2.54. The molecule has 2 aliphatic carbocycles. The van der Waals surface area contributed by atoms with Gasteiger partial charge >= 0.3 is 5.97 Å². The van der Waals surface area contributed by atoms with E-state index in [1.165, 1.54) is 38.9 Å². The first kappa shape index (κ1) is 25.6. The quantitative estimate of drug-likeness (QED) is 0.366. The fraction of sp³-hybridized carbons (Fsp3) is 0.545. The molecule has 2 aromatic carbocycles. The SMILES string of the molecule is COC(=O)[C@]1(C)CCC[C@]2(C)c3ccc(C(C)C)cc3-c3c(c4ccccc4n3CCN3CCOCC3)C12. The lowest BCUT2D eigenvalue weighted by atomic mass is 9.49. The highest BCUT2D eigenvalue weighted by molar-refractivity contribution is 5.96. The number of esters is 1. The van der Waals surface area contributed by atoms with Crippen LogP contribution in [-0.4, -0.2) is 55.4 Å². The zero-order valence-electron chi connectivity index (χ0n) is 23.7. The molecule has 2 fully saturated rings. The number of fused-ring (bicyclic) bond motifs is 8. The number of hydrogen-bond acceptors (Lipinski definition) is 4. The molecule has 1 saturated heterocycles. The third-order valence-corrected chi connectivity index (χ3v) is 9.94. The summed E-state index contributed by atoms with van der Waals surface area (Å²) in [4.78, 5) is 16.1. The molecule has 5 heteroatoms. The van der Waals surface area contributed by atoms with E-state index in [0.717, 1.165) is 58.7 Å². The third-order valence-electron chi connectivity index (χ3n) is 9.94. The second-order valence-electron chi connectivity index (χ2n) is 12.5. The summed E-state index contributed by atoms with van der Waals surface area (Å²) in [6.07, 6.45) is 2.95. The summed E-state index contributed by atoms with van der Waals surface area (Å²) in [6, 6.07) is 16.0. The topological polar surface area (TPSA) is 43.7 Å². The van der Waals surface area contributed by atoms with Crippen LogP contribution in [0.2, 0.25) is 0 Å². The van der Waals surface area contributed by atoms with Crippen molar-refractivity contribution in [1.82, 2.24) is 9.47 Å². The van der Waals surface area contributed by atoms with Crippen molar-refractivity contribution in [3.8, 4) is 11.3 Å². The maximum atomic E-state index is 13.6. The first-order chi connectivity index (χ1) is 18.3. The number of para-hydroxylation sites is 1. The van der Waals surface area contributed by atoms with Crippen LogP contribution >= 0.6 is 0 Å². The predicted molar refractivity (Wildman–Crippen MR) is 153 cm³/mol. The average Bonchev–Trinajstić information content (AvgIpc) is 3.25. The van der Waals surface area contributed by atoms with E-state index < -0.39 is 5.41 Å². The van der Waals surface area contributed by atoms with Gasteiger partial charge < -0.3 is 14.0 Å². The van der Waals surface area contributed by atoms with Gasteiger partial charge in [0.2, 0.25) is 0 Å². The molecule has 1 saturated carbocycles. The van der Waals surface area contributed by atoms with E-state index in [2.05, 4.69) is 79.6 Å². The summed E-state index contributed by atoms with van der Waals surface area (Å²) < 4.78 is 13.7. The van der Waals surface area contributed by atoms with Crippen molar-refractivity contribution >= 4 is 16.9 Å². The van der Waals surface area contributed by atoms with Gasteiger partial charge in [0.1, 0.15) is 0 Å². The number of benzene rings is 2. The summed E-state index contributed by atoms with van der Waals surface area (Å²) in [5.74, 6) is 0.428. The Kier molecular flexibility index (Phi) is 6.43. The lowest BCUT2D eigenvalue weighted by molar-refractivity contribution is -0.157. The van der Waals surface area contributed by atoms with Gasteiger partial charge in [-0.15, -0.1) is 0 Å². The summed E-state index contributed by atoms with van der Waals surface area (Å²) in [5, 5.41) is 1.29. The van der Waals surface area contributed by atoms with Crippen molar-refractivity contribution in [3.05, 3.63) is 59.2 Å². The van der Waals surface area contributed by atoms with E-state index in [1.807, 2.05) is 0 Å². The van der Waals surface area contributed by atoms with Gasteiger partial charge in [0.05, 0.1) is 31.4 Å². The molecule has 0 amide bonds. The molecule has 202 valence electrons. The lowest BCUT2D eigenvalue weighted by Crippen LogP contribution is -2.50. The van der Waals surface area contributed by atoms with Gasteiger partial charge in [-0.2, -0.15) is 0 Å². The average molecular weight is 515 g/mol. The van der Waals surface area contributed by atoms with Gasteiger partial charge in [-0.3, -0.25) is 9.69 Å². The summed E-state index contributed by atoms with van der Waals surface area (Å²) in [5.41, 5.74) is 7.34. The van der Waals surface area contributed by atoms with Crippen LogP contribution in [0, 0.1) is 5.41 Å². The molecule has 3 aromatic rings. The number of rotatable bonds is 5. The van der Waals surface area contributed by atoms with Crippen molar-refractivity contribution in [2.75, 3.05) is 40.0 Å². The van der Waals surface area contributed by atoms with Crippen LogP contribution in [0.1, 0.15) is 75.5 Å². The van der Waals surface area contributed by atoms with Gasteiger partial charge in [0.25, 0.3) is 0 Å². The van der Waals surface area contributed by atoms with Crippen LogP contribution in [-0.2, 0) is 26.2 Å². The smallest absolute Gasteiger partial charge is 0.312 e. The largest absolute Gasteiger partial charge is 0.469 e. The van der Waals surface area contributed by atoms with E-state index in [0.29, 0.717) is 5.92 Å². The Morgan fingerprint density at radius 2 is 1.84 bits per heavy atom. The highest BCUT2D eigenvalue weighted by Gasteiger charge is 2.58. The van der Waals surface area contributed by atoms with E-state index in [4.69, 9.17) is 9.47 Å². The molecule has 0 N–H and O–H groups in total. The molecular formula is C33H42N2O3. The molecule has 1 aromatic heterocycles. The molecule has 6 rings (SSSR count). The summed E-state index contributed by atoms with van der Waals surface area (Å²) >= 11 is 0. The van der Waals surface area contributed by atoms with Gasteiger partial charge in [0, 0.05) is 54.0 Å². The molecule has 0 bridgehead atoms. The van der Waals surface area contributed by atoms with Gasteiger partial charge in [-0.1, -0.05) is 57.5 Å². The van der Waals surface area contributed by atoms with Crippen LogP contribution in [0.5, 0.6) is 0 Å². The number of carbonyl (C=O) groups is 1. The minimum Gasteiger partial charge on any atom is -0.469 e. The minimum atomic E-state index is -0.579. The molecule has 38 heavy (non-hydrogen) atoms. The van der Waals surface area contributed by atoms with Crippen LogP contribution in [0.3, 0.4) is 0 Å². The number of ether oxygens (including phenoxy) is 2. The zero-order valence-corrected chi connectivity index (χ0v) is 23.7. The van der Waals surface area contributed by atoms with Crippen LogP contribution < -0.4 is 0 Å². The zero-order chi connectivity index (χ0) is 26.7. The van der Waals surface area contributed by atoms with E-state index in [-0.39, 0.29) is 17.3 Å². The maximum Gasteiger partial charge on any atom is 0.312 e. The second kappa shape index (κ2) is 9.53. The maximum absolute atomic E-state index is 13.6. The minimum absolute atomic E-state index is 0.0538.